The molecule has 0 radical (unpaired) electrons. The Bertz CT molecular complexity index is 670. The van der Waals surface area contributed by atoms with Gasteiger partial charge >= 0.3 is 5.97 Å². The summed E-state index contributed by atoms with van der Waals surface area (Å²) in [4.78, 5) is 11.0. The second kappa shape index (κ2) is 7.42. The molecule has 4 nitrogen and oxygen atoms in total. The number of halogens is 2. The molecule has 0 spiro atoms. The van der Waals surface area contributed by atoms with Crippen LogP contribution in [0.4, 0.5) is 8.78 Å². The molecule has 1 heterocycles. The highest BCUT2D eigenvalue weighted by Crippen LogP contribution is 2.54. The van der Waals surface area contributed by atoms with E-state index in [1.165, 1.54) is 18.2 Å². The van der Waals surface area contributed by atoms with Crippen LogP contribution in [0.5, 0.6) is 0 Å². The first-order valence-corrected chi connectivity index (χ1v) is 8.70. The van der Waals surface area contributed by atoms with Crippen molar-refractivity contribution in [3.8, 4) is 0 Å². The Morgan fingerprint density at radius 1 is 1.36 bits per heavy atom. The van der Waals surface area contributed by atoms with Gasteiger partial charge < -0.3 is 14.2 Å². The Balaban J connectivity index is 2.42. The van der Waals surface area contributed by atoms with E-state index in [1.54, 1.807) is 13.8 Å². The summed E-state index contributed by atoms with van der Waals surface area (Å²) in [5, 5.41) is 9.06. The fourth-order valence-corrected chi connectivity index (χ4v) is 4.09. The van der Waals surface area contributed by atoms with E-state index in [1.807, 2.05) is 0 Å². The molecule has 1 aromatic heterocycles. The summed E-state index contributed by atoms with van der Waals surface area (Å²) in [6.45, 7) is 3.94. The normalized spacial score (nSPS) is 13.0. The van der Waals surface area contributed by atoms with Gasteiger partial charge in [-0.1, -0.05) is 6.07 Å². The van der Waals surface area contributed by atoms with Crippen LogP contribution >= 0.6 is 19.7 Å². The zero-order valence-corrected chi connectivity index (χ0v) is 13.7. The maximum atomic E-state index is 14.6. The molecule has 1 atom stereocenters. The number of carbonyl (C=O) groups is 1. The van der Waals surface area contributed by atoms with Crippen LogP contribution in [0, 0.1) is 5.82 Å². The molecule has 0 bridgehead atoms. The van der Waals surface area contributed by atoms with E-state index in [9.17, 15) is 13.6 Å². The molecular weight excluding hydrogens is 333 g/mol. The third kappa shape index (κ3) is 3.43. The first-order chi connectivity index (χ1) is 10.5. The molecule has 0 saturated heterocycles. The monoisotopic (exact) mass is 348 g/mol. The largest absolute Gasteiger partial charge is 0.477 e. The van der Waals surface area contributed by atoms with E-state index in [4.69, 9.17) is 14.2 Å². The number of carboxylic acid groups (broad SMARTS) is 1. The standard InChI is InChI=1S/C14H15F2O4PS/c1-3-19-21(20-4-2)13(16)8-5-6-10-9(12(8)15)7-11(22-10)14(17)18/h5-7,13H,3-4H2,1-2H3,(H,17,18). The van der Waals surface area contributed by atoms with Crippen molar-refractivity contribution >= 4 is 35.8 Å². The predicted octanol–water partition coefficient (Wildman–Crippen LogP) is 5.09. The molecule has 120 valence electrons. The molecule has 8 heteroatoms. The van der Waals surface area contributed by atoms with Crippen molar-refractivity contribution in [3.63, 3.8) is 0 Å². The fraction of sp³-hybridized carbons (Fsp3) is 0.357. The summed E-state index contributed by atoms with van der Waals surface area (Å²) in [6, 6.07) is 4.05. The Morgan fingerprint density at radius 3 is 2.55 bits per heavy atom. The summed E-state index contributed by atoms with van der Waals surface area (Å²) < 4.78 is 40.0. The summed E-state index contributed by atoms with van der Waals surface area (Å²) in [5.41, 5.74) is -0.171. The minimum atomic E-state index is -1.90. The van der Waals surface area contributed by atoms with Gasteiger partial charge in [0.05, 0.1) is 13.2 Å². The van der Waals surface area contributed by atoms with Crippen LogP contribution in [-0.4, -0.2) is 24.3 Å². The van der Waals surface area contributed by atoms with E-state index in [0.29, 0.717) is 4.70 Å². The van der Waals surface area contributed by atoms with Crippen molar-refractivity contribution in [2.75, 3.05) is 13.2 Å². The maximum absolute atomic E-state index is 14.6. The Hall–Kier alpha value is -1.14. The second-order valence-corrected chi connectivity index (χ2v) is 6.88. The highest BCUT2D eigenvalue weighted by atomic mass is 32.1. The van der Waals surface area contributed by atoms with Gasteiger partial charge in [-0.15, -0.1) is 11.3 Å². The van der Waals surface area contributed by atoms with Gasteiger partial charge in [0.25, 0.3) is 0 Å². The van der Waals surface area contributed by atoms with Crippen molar-refractivity contribution in [2.45, 2.75) is 19.8 Å². The van der Waals surface area contributed by atoms with Crippen LogP contribution in [0.15, 0.2) is 18.2 Å². The topological polar surface area (TPSA) is 55.8 Å². The highest BCUT2D eigenvalue weighted by Gasteiger charge is 2.29. The van der Waals surface area contributed by atoms with Gasteiger partial charge in [0, 0.05) is 15.6 Å². The lowest BCUT2D eigenvalue weighted by molar-refractivity contribution is 0.0702. The minimum absolute atomic E-state index is 0.0124. The van der Waals surface area contributed by atoms with Crippen molar-refractivity contribution in [1.29, 1.82) is 0 Å². The first kappa shape index (κ1) is 17.2. The molecule has 0 saturated carbocycles. The van der Waals surface area contributed by atoms with Crippen molar-refractivity contribution < 1.29 is 27.7 Å². The molecule has 1 aromatic carbocycles. The summed E-state index contributed by atoms with van der Waals surface area (Å²) >= 11 is 0.950. The molecule has 1 unspecified atom stereocenters. The number of benzene rings is 1. The summed E-state index contributed by atoms with van der Waals surface area (Å²) in [6.07, 6.45) is 0. The molecule has 0 amide bonds. The van der Waals surface area contributed by atoms with E-state index >= 15 is 0 Å². The van der Waals surface area contributed by atoms with Crippen LogP contribution in [0.3, 0.4) is 0 Å². The van der Waals surface area contributed by atoms with Crippen molar-refractivity contribution in [2.24, 2.45) is 0 Å². The van der Waals surface area contributed by atoms with E-state index in [0.717, 1.165) is 11.3 Å². The summed E-state index contributed by atoms with van der Waals surface area (Å²) in [7, 11) is -1.90. The molecule has 22 heavy (non-hydrogen) atoms. The SMILES string of the molecule is CCOP(OCC)C(F)c1ccc2sc(C(=O)O)cc2c1F. The van der Waals surface area contributed by atoms with Crippen LogP contribution in [0.1, 0.15) is 35.0 Å². The number of alkyl halides is 1. The van der Waals surface area contributed by atoms with Gasteiger partial charge in [0.1, 0.15) is 10.7 Å². The van der Waals surface area contributed by atoms with E-state index in [2.05, 4.69) is 0 Å². The van der Waals surface area contributed by atoms with Gasteiger partial charge in [-0.2, -0.15) is 0 Å². The number of fused-ring (bicyclic) bond motifs is 1. The maximum Gasteiger partial charge on any atom is 0.345 e. The van der Waals surface area contributed by atoms with E-state index < -0.39 is 26.1 Å². The van der Waals surface area contributed by atoms with Gasteiger partial charge in [0.2, 0.25) is 8.38 Å². The van der Waals surface area contributed by atoms with Gasteiger partial charge in [0.15, 0.2) is 5.91 Å². The van der Waals surface area contributed by atoms with Gasteiger partial charge in [-0.05, 0) is 26.0 Å². The molecule has 0 aliphatic carbocycles. The van der Waals surface area contributed by atoms with Crippen LogP contribution in [-0.2, 0) is 9.05 Å². The van der Waals surface area contributed by atoms with Crippen molar-refractivity contribution in [3.05, 3.63) is 34.5 Å². The quantitative estimate of drug-likeness (QED) is 0.708. The fourth-order valence-electron chi connectivity index (χ4n) is 1.92. The van der Waals surface area contributed by atoms with E-state index in [-0.39, 0.29) is 29.0 Å². The first-order valence-electron chi connectivity index (χ1n) is 6.63. The van der Waals surface area contributed by atoms with Crippen LogP contribution in [0.25, 0.3) is 10.1 Å². The number of aromatic carboxylic acids is 1. The smallest absolute Gasteiger partial charge is 0.345 e. The predicted molar refractivity (Wildman–Crippen MR) is 82.8 cm³/mol. The third-order valence-electron chi connectivity index (χ3n) is 2.83. The lowest BCUT2D eigenvalue weighted by atomic mass is 10.1. The lowest BCUT2D eigenvalue weighted by Crippen LogP contribution is -2.00. The Morgan fingerprint density at radius 2 is 2.00 bits per heavy atom. The number of hydrogen-bond donors (Lipinski definition) is 1. The number of hydrogen-bond acceptors (Lipinski definition) is 4. The molecule has 0 aliphatic heterocycles. The van der Waals surface area contributed by atoms with Gasteiger partial charge in [-0.3, -0.25) is 0 Å². The number of carboxylic acids is 1. The molecular formula is C14H15F2O4PS. The summed E-state index contributed by atoms with van der Waals surface area (Å²) in [5.74, 6) is -3.63. The third-order valence-corrected chi connectivity index (χ3v) is 5.59. The number of thiophene rings is 1. The Labute approximate surface area is 131 Å². The molecule has 2 rings (SSSR count). The van der Waals surface area contributed by atoms with Crippen LogP contribution < -0.4 is 0 Å². The zero-order chi connectivity index (χ0) is 16.3. The van der Waals surface area contributed by atoms with Crippen molar-refractivity contribution in [1.82, 2.24) is 0 Å². The van der Waals surface area contributed by atoms with Gasteiger partial charge in [-0.25, -0.2) is 13.6 Å². The highest BCUT2D eigenvalue weighted by molar-refractivity contribution is 7.47. The lowest BCUT2D eigenvalue weighted by Gasteiger charge is -2.20. The Kier molecular flexibility index (Phi) is 5.81. The molecule has 0 aliphatic rings. The molecule has 0 fully saturated rings. The average molecular weight is 348 g/mol. The second-order valence-electron chi connectivity index (χ2n) is 4.25. The average Bonchev–Trinajstić information content (AvgIpc) is 2.92. The van der Waals surface area contributed by atoms with Crippen LogP contribution in [0.2, 0.25) is 0 Å². The number of rotatable bonds is 7. The minimum Gasteiger partial charge on any atom is -0.477 e. The molecule has 1 N–H and O–H groups in total. The molecule has 2 aromatic rings. The zero-order valence-electron chi connectivity index (χ0n) is 12.0.